The second kappa shape index (κ2) is 7.15. The Hall–Kier alpha value is -2.89. The van der Waals surface area contributed by atoms with E-state index < -0.39 is 0 Å². The Balaban J connectivity index is 1.30. The maximum absolute atomic E-state index is 13.2. The first-order valence-corrected chi connectivity index (χ1v) is 8.93. The molecule has 5 nitrogen and oxygen atoms in total. The predicted octanol–water partition coefficient (Wildman–Crippen LogP) is 3.50. The van der Waals surface area contributed by atoms with Crippen LogP contribution in [0.1, 0.15) is 28.8 Å². The molecule has 0 atom stereocenters. The highest BCUT2D eigenvalue weighted by Crippen LogP contribution is 2.28. The molecule has 4 rings (SSSR count). The van der Waals surface area contributed by atoms with Crippen LogP contribution >= 0.6 is 0 Å². The largest absolute Gasteiger partial charge is 0.370 e. The zero-order chi connectivity index (χ0) is 17.9. The fourth-order valence-corrected chi connectivity index (χ4v) is 2.98. The number of benzene rings is 1. The van der Waals surface area contributed by atoms with Crippen molar-refractivity contribution in [3.05, 3.63) is 59.7 Å². The van der Waals surface area contributed by atoms with Gasteiger partial charge < -0.3 is 15.6 Å². The number of aromatic nitrogens is 2. The highest BCUT2D eigenvalue weighted by molar-refractivity contribution is 5.94. The van der Waals surface area contributed by atoms with Gasteiger partial charge in [0.05, 0.1) is 5.56 Å². The van der Waals surface area contributed by atoms with Crippen molar-refractivity contribution in [2.75, 3.05) is 18.4 Å². The second-order valence-corrected chi connectivity index (χ2v) is 6.77. The number of aromatic amines is 1. The first kappa shape index (κ1) is 16.6. The minimum absolute atomic E-state index is 0.142. The first-order chi connectivity index (χ1) is 12.7. The molecule has 26 heavy (non-hydrogen) atoms. The summed E-state index contributed by atoms with van der Waals surface area (Å²) in [6, 6.07) is 8.30. The van der Waals surface area contributed by atoms with E-state index in [2.05, 4.69) is 20.6 Å². The Morgan fingerprint density at radius 3 is 2.92 bits per heavy atom. The van der Waals surface area contributed by atoms with Crippen molar-refractivity contribution < 1.29 is 9.18 Å². The minimum Gasteiger partial charge on any atom is -0.370 e. The lowest BCUT2D eigenvalue weighted by Gasteiger charge is -2.07. The number of nitrogens with zero attached hydrogens (tertiary/aromatic N) is 1. The summed E-state index contributed by atoms with van der Waals surface area (Å²) >= 11 is 0. The van der Waals surface area contributed by atoms with Crippen LogP contribution in [0.15, 0.2) is 42.7 Å². The SMILES string of the molecule is O=C(NCCc1c[nH]c2cc(F)ccc12)c1ccc(NCC2CC2)nc1. The van der Waals surface area contributed by atoms with Crippen molar-refractivity contribution in [1.82, 2.24) is 15.3 Å². The fourth-order valence-electron chi connectivity index (χ4n) is 2.98. The van der Waals surface area contributed by atoms with E-state index >= 15 is 0 Å². The van der Waals surface area contributed by atoms with Gasteiger partial charge in [-0.15, -0.1) is 0 Å². The molecule has 0 radical (unpaired) electrons. The maximum Gasteiger partial charge on any atom is 0.252 e. The zero-order valence-corrected chi connectivity index (χ0v) is 14.4. The summed E-state index contributed by atoms with van der Waals surface area (Å²) in [5.74, 6) is 1.18. The van der Waals surface area contributed by atoms with E-state index in [0.29, 0.717) is 18.5 Å². The van der Waals surface area contributed by atoms with Gasteiger partial charge in [0.15, 0.2) is 0 Å². The normalized spacial score (nSPS) is 13.7. The molecule has 2 heterocycles. The summed E-state index contributed by atoms with van der Waals surface area (Å²) in [6.07, 6.45) is 6.71. The monoisotopic (exact) mass is 352 g/mol. The van der Waals surface area contributed by atoms with Crippen molar-refractivity contribution in [1.29, 1.82) is 0 Å². The van der Waals surface area contributed by atoms with E-state index in [1.807, 2.05) is 12.3 Å². The van der Waals surface area contributed by atoms with E-state index in [1.54, 1.807) is 18.3 Å². The Kier molecular flexibility index (Phi) is 4.56. The number of nitrogens with one attached hydrogen (secondary N) is 3. The number of amides is 1. The van der Waals surface area contributed by atoms with Crippen molar-refractivity contribution in [2.24, 2.45) is 5.92 Å². The average molecular weight is 352 g/mol. The molecule has 134 valence electrons. The van der Waals surface area contributed by atoms with Crippen molar-refractivity contribution in [3.8, 4) is 0 Å². The van der Waals surface area contributed by atoms with E-state index in [4.69, 9.17) is 0 Å². The third kappa shape index (κ3) is 3.85. The highest BCUT2D eigenvalue weighted by atomic mass is 19.1. The number of hydrogen-bond acceptors (Lipinski definition) is 3. The molecular formula is C20H21FN4O. The summed E-state index contributed by atoms with van der Waals surface area (Å²) in [5.41, 5.74) is 2.37. The molecule has 1 aliphatic carbocycles. The Morgan fingerprint density at radius 2 is 2.15 bits per heavy atom. The third-order valence-electron chi connectivity index (χ3n) is 4.70. The molecule has 3 N–H and O–H groups in total. The van der Waals surface area contributed by atoms with Crippen LogP contribution < -0.4 is 10.6 Å². The predicted molar refractivity (Wildman–Crippen MR) is 99.7 cm³/mol. The fraction of sp³-hybridized carbons (Fsp3) is 0.300. The molecule has 1 aliphatic rings. The van der Waals surface area contributed by atoms with Crippen LogP contribution in [0.3, 0.4) is 0 Å². The van der Waals surface area contributed by atoms with Gasteiger partial charge in [-0.3, -0.25) is 4.79 Å². The molecule has 1 saturated carbocycles. The van der Waals surface area contributed by atoms with Crippen molar-refractivity contribution >= 4 is 22.6 Å². The molecule has 0 spiro atoms. The number of H-pyrrole nitrogens is 1. The maximum atomic E-state index is 13.2. The first-order valence-electron chi connectivity index (χ1n) is 8.93. The number of rotatable bonds is 7. The smallest absolute Gasteiger partial charge is 0.252 e. The van der Waals surface area contributed by atoms with Crippen LogP contribution in [-0.4, -0.2) is 29.0 Å². The highest BCUT2D eigenvalue weighted by Gasteiger charge is 2.20. The number of hydrogen-bond donors (Lipinski definition) is 3. The zero-order valence-electron chi connectivity index (χ0n) is 14.4. The Labute approximate surface area is 151 Å². The second-order valence-electron chi connectivity index (χ2n) is 6.77. The lowest BCUT2D eigenvalue weighted by atomic mass is 10.1. The van der Waals surface area contributed by atoms with Crippen LogP contribution in [0, 0.1) is 11.7 Å². The van der Waals surface area contributed by atoms with Gasteiger partial charge in [-0.2, -0.15) is 0 Å². The van der Waals surface area contributed by atoms with Crippen LogP contribution in [-0.2, 0) is 6.42 Å². The van der Waals surface area contributed by atoms with Gasteiger partial charge in [-0.25, -0.2) is 9.37 Å². The van der Waals surface area contributed by atoms with Gasteiger partial charge in [0.2, 0.25) is 0 Å². The van der Waals surface area contributed by atoms with Gasteiger partial charge >= 0.3 is 0 Å². The van der Waals surface area contributed by atoms with Crippen LogP contribution in [0.2, 0.25) is 0 Å². The van der Waals surface area contributed by atoms with Gasteiger partial charge in [0, 0.05) is 36.4 Å². The molecule has 2 aromatic heterocycles. The summed E-state index contributed by atoms with van der Waals surface area (Å²) < 4.78 is 13.2. The average Bonchev–Trinajstić information content (AvgIpc) is 3.40. The van der Waals surface area contributed by atoms with Gasteiger partial charge in [0.1, 0.15) is 11.6 Å². The van der Waals surface area contributed by atoms with Gasteiger partial charge in [-0.05, 0) is 61.1 Å². The lowest BCUT2D eigenvalue weighted by Crippen LogP contribution is -2.25. The summed E-state index contributed by atoms with van der Waals surface area (Å²) in [7, 11) is 0. The van der Waals surface area contributed by atoms with Crippen LogP contribution in [0.5, 0.6) is 0 Å². The number of pyridine rings is 1. The number of carbonyl (C=O) groups is 1. The van der Waals surface area contributed by atoms with Crippen LogP contribution in [0.4, 0.5) is 10.2 Å². The standard InChI is InChI=1S/C20H21FN4O/c21-16-4-5-17-14(11-23-18(17)9-16)7-8-22-20(26)15-3-6-19(25-12-15)24-10-13-1-2-13/h3-6,9,11-13,23H,1-2,7-8,10H2,(H,22,26)(H,24,25). The molecule has 6 heteroatoms. The van der Waals surface area contributed by atoms with E-state index in [9.17, 15) is 9.18 Å². The number of carbonyl (C=O) groups excluding carboxylic acids is 1. The summed E-state index contributed by atoms with van der Waals surface area (Å²) in [4.78, 5) is 19.6. The molecular weight excluding hydrogens is 331 g/mol. The summed E-state index contributed by atoms with van der Waals surface area (Å²) in [5, 5.41) is 7.17. The van der Waals surface area contributed by atoms with E-state index in [0.717, 1.165) is 34.7 Å². The van der Waals surface area contributed by atoms with E-state index in [-0.39, 0.29) is 11.7 Å². The molecule has 1 aromatic carbocycles. The lowest BCUT2D eigenvalue weighted by molar-refractivity contribution is 0.0954. The number of anilines is 1. The molecule has 3 aromatic rings. The molecule has 0 saturated heterocycles. The quantitative estimate of drug-likeness (QED) is 0.610. The van der Waals surface area contributed by atoms with Gasteiger partial charge in [0.25, 0.3) is 5.91 Å². The van der Waals surface area contributed by atoms with Crippen molar-refractivity contribution in [2.45, 2.75) is 19.3 Å². The molecule has 1 amide bonds. The minimum atomic E-state index is -0.262. The third-order valence-corrected chi connectivity index (χ3v) is 4.70. The molecule has 0 unspecified atom stereocenters. The Bertz CT molecular complexity index is 915. The summed E-state index contributed by atoms with van der Waals surface area (Å²) in [6.45, 7) is 1.46. The Morgan fingerprint density at radius 1 is 1.27 bits per heavy atom. The molecule has 1 fully saturated rings. The topological polar surface area (TPSA) is 69.8 Å². The van der Waals surface area contributed by atoms with Gasteiger partial charge in [-0.1, -0.05) is 0 Å². The number of fused-ring (bicyclic) bond motifs is 1. The van der Waals surface area contributed by atoms with Crippen LogP contribution in [0.25, 0.3) is 10.9 Å². The van der Waals surface area contributed by atoms with Crippen molar-refractivity contribution in [3.63, 3.8) is 0 Å². The van der Waals surface area contributed by atoms with E-state index in [1.165, 1.54) is 25.0 Å². The molecule has 0 bridgehead atoms. The number of halogens is 1. The molecule has 0 aliphatic heterocycles.